The maximum atomic E-state index is 12.8. The molecule has 0 spiro atoms. The molecule has 4 rings (SSSR count). The van der Waals surface area contributed by atoms with Crippen molar-refractivity contribution in [2.45, 2.75) is 55.3 Å². The van der Waals surface area contributed by atoms with Gasteiger partial charge in [-0.2, -0.15) is 5.10 Å². The number of rotatable bonds is 5. The van der Waals surface area contributed by atoms with Crippen LogP contribution in [0.2, 0.25) is 19.6 Å². The predicted molar refractivity (Wildman–Crippen MR) is 114 cm³/mol. The summed E-state index contributed by atoms with van der Waals surface area (Å²) < 4.78 is 31.9. The summed E-state index contributed by atoms with van der Waals surface area (Å²) in [5.74, 6) is 3.21. The van der Waals surface area contributed by atoms with Crippen LogP contribution in [0.1, 0.15) is 31.2 Å². The molecule has 2 aliphatic carbocycles. The van der Waals surface area contributed by atoms with E-state index in [9.17, 15) is 13.2 Å². The van der Waals surface area contributed by atoms with Crippen molar-refractivity contribution in [1.29, 1.82) is 0 Å². The number of aromatic nitrogens is 3. The first-order chi connectivity index (χ1) is 13.5. The minimum Gasteiger partial charge on any atom is -0.473 e. The highest BCUT2D eigenvalue weighted by Crippen LogP contribution is 2.50. The van der Waals surface area contributed by atoms with E-state index in [0.29, 0.717) is 29.3 Å². The van der Waals surface area contributed by atoms with Gasteiger partial charge in [0.25, 0.3) is 11.4 Å². The Morgan fingerprint density at radius 2 is 2.00 bits per heavy atom. The molecule has 2 fully saturated rings. The first kappa shape index (κ1) is 20.1. The molecule has 2 aliphatic rings. The number of nitrogens with zero attached hydrogens (tertiary/aromatic N) is 3. The molecule has 0 unspecified atom stereocenters. The maximum Gasteiger partial charge on any atom is 0.266 e. The average molecular weight is 432 g/mol. The van der Waals surface area contributed by atoms with Crippen molar-refractivity contribution in [2.75, 3.05) is 6.61 Å². The number of hydrogen-bond donors (Lipinski definition) is 0. The van der Waals surface area contributed by atoms with Crippen molar-refractivity contribution in [1.82, 2.24) is 14.8 Å². The van der Waals surface area contributed by atoms with Crippen molar-refractivity contribution >= 4 is 28.8 Å². The Morgan fingerprint density at radius 1 is 1.31 bits per heavy atom. The van der Waals surface area contributed by atoms with Crippen LogP contribution in [0.3, 0.4) is 0 Å². The standard InChI is InChI=1S/C20H25N3O4SSi/c1-23-17-15(11-14(19(23)24)7-10-29(2,3)4)12-21-22-18(17)27-13-20(8-9-20)28(25,26)16-5-6-16/h11-12,16H,5-6,8-9,13H2,1-4H3. The quantitative estimate of drug-likeness (QED) is 0.532. The molecule has 7 nitrogen and oxygen atoms in total. The third-order valence-electron chi connectivity index (χ3n) is 5.41. The Hall–Kier alpha value is -2.18. The molecule has 0 aliphatic heterocycles. The zero-order valence-corrected chi connectivity index (χ0v) is 19.0. The second-order valence-corrected chi connectivity index (χ2v) is 16.5. The fourth-order valence-corrected chi connectivity index (χ4v) is 6.21. The normalized spacial score (nSPS) is 18.2. The van der Waals surface area contributed by atoms with Crippen molar-refractivity contribution < 1.29 is 13.2 Å². The van der Waals surface area contributed by atoms with Crippen LogP contribution in [0.4, 0.5) is 0 Å². The topological polar surface area (TPSA) is 91.2 Å². The Kier molecular flexibility index (Phi) is 4.63. The summed E-state index contributed by atoms with van der Waals surface area (Å²) in [6.07, 6.45) is 4.27. The van der Waals surface area contributed by atoms with Crippen LogP contribution in [0.25, 0.3) is 10.9 Å². The monoisotopic (exact) mass is 431 g/mol. The lowest BCUT2D eigenvalue weighted by atomic mass is 10.2. The van der Waals surface area contributed by atoms with Crippen LogP contribution in [0.5, 0.6) is 5.88 Å². The minimum absolute atomic E-state index is 0.0466. The van der Waals surface area contributed by atoms with E-state index in [1.165, 1.54) is 4.57 Å². The van der Waals surface area contributed by atoms with Crippen LogP contribution in [0, 0.1) is 11.5 Å². The summed E-state index contributed by atoms with van der Waals surface area (Å²) >= 11 is 0. The predicted octanol–water partition coefficient (Wildman–Crippen LogP) is 2.05. The molecule has 154 valence electrons. The van der Waals surface area contributed by atoms with E-state index in [4.69, 9.17) is 4.74 Å². The zero-order chi connectivity index (χ0) is 21.0. The molecule has 0 saturated heterocycles. The summed E-state index contributed by atoms with van der Waals surface area (Å²) in [6.45, 7) is 6.40. The molecule has 2 aromatic heterocycles. The van der Waals surface area contributed by atoms with Crippen molar-refractivity contribution in [3.63, 3.8) is 0 Å². The van der Waals surface area contributed by atoms with E-state index < -0.39 is 22.7 Å². The SMILES string of the molecule is Cn1c(=O)c(C#C[Si](C)(C)C)cc2cnnc(OCC3(S(=O)(=O)C4CC4)CC3)c21. The number of aryl methyl sites for hydroxylation is 1. The summed E-state index contributed by atoms with van der Waals surface area (Å²) in [6, 6.07) is 1.71. The van der Waals surface area contributed by atoms with Gasteiger partial charge in [0.2, 0.25) is 0 Å². The Balaban J connectivity index is 1.69. The zero-order valence-electron chi connectivity index (χ0n) is 17.2. The smallest absolute Gasteiger partial charge is 0.266 e. The number of pyridine rings is 1. The molecule has 2 aromatic rings. The summed E-state index contributed by atoms with van der Waals surface area (Å²) in [5, 5.41) is 8.49. The molecule has 0 amide bonds. The Labute approximate surface area is 171 Å². The molecule has 0 N–H and O–H groups in total. The van der Waals surface area contributed by atoms with Crippen LogP contribution >= 0.6 is 0 Å². The van der Waals surface area contributed by atoms with Gasteiger partial charge in [-0.05, 0) is 31.7 Å². The average Bonchev–Trinajstić information content (AvgIpc) is 3.54. The highest BCUT2D eigenvalue weighted by molar-refractivity contribution is 7.94. The molecule has 0 aromatic carbocycles. The number of sulfone groups is 1. The highest BCUT2D eigenvalue weighted by atomic mass is 32.2. The van der Waals surface area contributed by atoms with E-state index >= 15 is 0 Å². The molecule has 9 heteroatoms. The first-order valence-electron chi connectivity index (χ1n) is 9.79. The molecule has 0 atom stereocenters. The van der Waals surface area contributed by atoms with E-state index in [1.807, 2.05) is 0 Å². The molecule has 2 saturated carbocycles. The maximum absolute atomic E-state index is 12.8. The van der Waals surface area contributed by atoms with Crippen LogP contribution in [-0.2, 0) is 16.9 Å². The second kappa shape index (κ2) is 6.67. The van der Waals surface area contributed by atoms with Crippen molar-refractivity contribution in [3.05, 3.63) is 28.2 Å². The molecular formula is C20H25N3O4SSi. The number of hydrogen-bond acceptors (Lipinski definition) is 6. The molecule has 0 bridgehead atoms. The minimum atomic E-state index is -3.18. The molecular weight excluding hydrogens is 406 g/mol. The van der Waals surface area contributed by atoms with E-state index in [1.54, 1.807) is 19.3 Å². The van der Waals surface area contributed by atoms with Crippen LogP contribution in [-0.4, -0.2) is 47.9 Å². The van der Waals surface area contributed by atoms with Gasteiger partial charge in [-0.1, -0.05) is 25.6 Å². The fourth-order valence-electron chi connectivity index (χ4n) is 3.34. The van der Waals surface area contributed by atoms with Crippen molar-refractivity contribution in [3.8, 4) is 17.3 Å². The third-order valence-corrected chi connectivity index (χ3v) is 9.37. The number of ether oxygens (including phenoxy) is 1. The van der Waals surface area contributed by atoms with Gasteiger partial charge in [0.05, 0.1) is 17.0 Å². The van der Waals surface area contributed by atoms with Gasteiger partial charge in [-0.3, -0.25) is 4.79 Å². The lowest BCUT2D eigenvalue weighted by Crippen LogP contribution is -2.33. The first-order valence-corrected chi connectivity index (χ1v) is 14.8. The van der Waals surface area contributed by atoms with Crippen molar-refractivity contribution in [2.24, 2.45) is 7.05 Å². The summed E-state index contributed by atoms with van der Waals surface area (Å²) in [7, 11) is -3.16. The van der Waals surface area contributed by atoms with E-state index in [-0.39, 0.29) is 23.3 Å². The molecule has 2 heterocycles. The van der Waals surface area contributed by atoms with Crippen LogP contribution in [0.15, 0.2) is 17.1 Å². The largest absolute Gasteiger partial charge is 0.473 e. The number of fused-ring (bicyclic) bond motifs is 1. The van der Waals surface area contributed by atoms with E-state index in [2.05, 4.69) is 41.3 Å². The van der Waals surface area contributed by atoms with Gasteiger partial charge < -0.3 is 9.30 Å². The lowest BCUT2D eigenvalue weighted by molar-refractivity contribution is 0.293. The molecule has 0 radical (unpaired) electrons. The van der Waals surface area contributed by atoms with Crippen LogP contribution < -0.4 is 10.3 Å². The Bertz CT molecular complexity index is 1210. The lowest BCUT2D eigenvalue weighted by Gasteiger charge is -2.17. The van der Waals surface area contributed by atoms with Gasteiger partial charge in [-0.15, -0.1) is 10.6 Å². The fraction of sp³-hybridized carbons (Fsp3) is 0.550. The summed E-state index contributed by atoms with van der Waals surface area (Å²) in [4.78, 5) is 12.8. The van der Waals surface area contributed by atoms with Gasteiger partial charge in [0, 0.05) is 12.4 Å². The van der Waals surface area contributed by atoms with Gasteiger partial charge >= 0.3 is 0 Å². The molecule has 29 heavy (non-hydrogen) atoms. The van der Waals surface area contributed by atoms with E-state index in [0.717, 1.165) is 12.8 Å². The highest BCUT2D eigenvalue weighted by Gasteiger charge is 2.60. The van der Waals surface area contributed by atoms with Gasteiger partial charge in [0.15, 0.2) is 9.84 Å². The summed E-state index contributed by atoms with van der Waals surface area (Å²) in [5.41, 5.74) is 3.90. The van der Waals surface area contributed by atoms with Gasteiger partial charge in [0.1, 0.15) is 24.9 Å². The second-order valence-electron chi connectivity index (χ2n) is 9.09. The Morgan fingerprint density at radius 3 is 2.59 bits per heavy atom. The van der Waals surface area contributed by atoms with Gasteiger partial charge in [-0.25, -0.2) is 8.42 Å². The third kappa shape index (κ3) is 3.71.